The van der Waals surface area contributed by atoms with Gasteiger partial charge in [-0.2, -0.15) is 0 Å². The lowest BCUT2D eigenvalue weighted by atomic mass is 10.1. The lowest BCUT2D eigenvalue weighted by Crippen LogP contribution is -2.37. The Bertz CT molecular complexity index is 448. The molecule has 1 aromatic rings. The van der Waals surface area contributed by atoms with Gasteiger partial charge in [0.05, 0.1) is 0 Å². The topological polar surface area (TPSA) is 70.2 Å². The van der Waals surface area contributed by atoms with Crippen LogP contribution in [-0.2, 0) is 4.79 Å². The minimum atomic E-state index is -0.227. The number of nitrogens with zero attached hydrogens (tertiary/aromatic N) is 1. The highest BCUT2D eigenvalue weighted by molar-refractivity contribution is 6.10. The van der Waals surface area contributed by atoms with Crippen molar-refractivity contribution in [3.63, 3.8) is 0 Å². The standard InChI is InChI=1S/C13H17N3O/c1-4-16(13(17)9(2)3)12(15)10-5-7-11(14)8-6-10/h5-8,15H,2,4,14H2,1,3H3. The SMILES string of the molecule is C=C(C)C(=O)N(CC)C(=N)c1ccc(N)cc1. The van der Waals surface area contributed by atoms with E-state index in [9.17, 15) is 4.79 Å². The van der Waals surface area contributed by atoms with Gasteiger partial charge in [0.1, 0.15) is 5.84 Å². The Kier molecular flexibility index (Phi) is 4.04. The van der Waals surface area contributed by atoms with E-state index in [2.05, 4.69) is 6.58 Å². The van der Waals surface area contributed by atoms with Gasteiger partial charge in [0, 0.05) is 23.4 Å². The third-order valence-electron chi connectivity index (χ3n) is 2.38. The fourth-order valence-electron chi connectivity index (χ4n) is 1.43. The molecule has 90 valence electrons. The average Bonchev–Trinajstić information content (AvgIpc) is 2.30. The number of nitrogens with one attached hydrogen (secondary N) is 1. The van der Waals surface area contributed by atoms with Gasteiger partial charge in [0.2, 0.25) is 0 Å². The summed E-state index contributed by atoms with van der Waals surface area (Å²) in [4.78, 5) is 13.2. The Morgan fingerprint density at radius 3 is 2.35 bits per heavy atom. The second kappa shape index (κ2) is 5.30. The number of hydrogen-bond donors (Lipinski definition) is 2. The third-order valence-corrected chi connectivity index (χ3v) is 2.38. The highest BCUT2D eigenvalue weighted by atomic mass is 16.2. The summed E-state index contributed by atoms with van der Waals surface area (Å²) in [5.74, 6) is -0.0603. The minimum absolute atomic E-state index is 0.167. The average molecular weight is 231 g/mol. The first kappa shape index (κ1) is 13.0. The second-order valence-electron chi connectivity index (χ2n) is 3.80. The lowest BCUT2D eigenvalue weighted by molar-refractivity contribution is -0.123. The molecular weight excluding hydrogens is 214 g/mol. The number of rotatable bonds is 3. The summed E-state index contributed by atoms with van der Waals surface area (Å²) in [5, 5.41) is 8.00. The van der Waals surface area contributed by atoms with Gasteiger partial charge < -0.3 is 5.73 Å². The van der Waals surface area contributed by atoms with Crippen LogP contribution in [0.1, 0.15) is 19.4 Å². The first-order valence-corrected chi connectivity index (χ1v) is 5.39. The molecule has 0 aliphatic heterocycles. The predicted octanol–water partition coefficient (Wildman–Crippen LogP) is 2.02. The highest BCUT2D eigenvalue weighted by Crippen LogP contribution is 2.10. The fourth-order valence-corrected chi connectivity index (χ4v) is 1.43. The van der Waals surface area contributed by atoms with Gasteiger partial charge in [-0.1, -0.05) is 6.58 Å². The molecule has 0 radical (unpaired) electrons. The zero-order valence-corrected chi connectivity index (χ0v) is 10.2. The van der Waals surface area contributed by atoms with Crippen molar-refractivity contribution in [1.82, 2.24) is 4.90 Å². The Labute approximate surface area is 101 Å². The predicted molar refractivity (Wildman–Crippen MR) is 69.9 cm³/mol. The van der Waals surface area contributed by atoms with Crippen molar-refractivity contribution in [3.8, 4) is 0 Å². The van der Waals surface area contributed by atoms with E-state index >= 15 is 0 Å². The Hall–Kier alpha value is -2.10. The van der Waals surface area contributed by atoms with Crippen molar-refractivity contribution in [3.05, 3.63) is 42.0 Å². The molecule has 0 atom stereocenters. The number of carbonyl (C=O) groups excluding carboxylic acids is 1. The highest BCUT2D eigenvalue weighted by Gasteiger charge is 2.18. The molecule has 4 nitrogen and oxygen atoms in total. The normalized spacial score (nSPS) is 9.76. The summed E-state index contributed by atoms with van der Waals surface area (Å²) in [5.41, 5.74) is 7.30. The maximum atomic E-state index is 11.8. The van der Waals surface area contributed by atoms with E-state index in [1.165, 1.54) is 4.90 Å². The molecular formula is C13H17N3O. The molecule has 1 aromatic carbocycles. The van der Waals surface area contributed by atoms with Crippen LogP contribution in [0.25, 0.3) is 0 Å². The van der Waals surface area contributed by atoms with Crippen LogP contribution in [0.4, 0.5) is 5.69 Å². The summed E-state index contributed by atoms with van der Waals surface area (Å²) in [6.45, 7) is 7.51. The van der Waals surface area contributed by atoms with Crippen LogP contribution >= 0.6 is 0 Å². The molecule has 17 heavy (non-hydrogen) atoms. The quantitative estimate of drug-likeness (QED) is 0.361. The van der Waals surface area contributed by atoms with Crippen molar-refractivity contribution in [2.45, 2.75) is 13.8 Å². The van der Waals surface area contributed by atoms with Gasteiger partial charge in [-0.05, 0) is 38.1 Å². The van der Waals surface area contributed by atoms with Crippen LogP contribution in [0.2, 0.25) is 0 Å². The Morgan fingerprint density at radius 1 is 1.41 bits per heavy atom. The smallest absolute Gasteiger partial charge is 0.254 e. The number of anilines is 1. The molecule has 1 rings (SSSR count). The van der Waals surface area contributed by atoms with Crippen LogP contribution in [0, 0.1) is 5.41 Å². The largest absolute Gasteiger partial charge is 0.399 e. The van der Waals surface area contributed by atoms with Gasteiger partial charge in [-0.25, -0.2) is 0 Å². The van der Waals surface area contributed by atoms with E-state index in [4.69, 9.17) is 11.1 Å². The number of benzene rings is 1. The lowest BCUT2D eigenvalue weighted by Gasteiger charge is -2.21. The third kappa shape index (κ3) is 2.93. The van der Waals surface area contributed by atoms with E-state index in [1.54, 1.807) is 31.2 Å². The molecule has 0 saturated heterocycles. The summed E-state index contributed by atoms with van der Waals surface area (Å²) in [7, 11) is 0. The molecule has 0 aliphatic rings. The van der Waals surface area contributed by atoms with Crippen molar-refractivity contribution in [2.24, 2.45) is 0 Å². The molecule has 3 N–H and O–H groups in total. The summed E-state index contributed by atoms with van der Waals surface area (Å²) >= 11 is 0. The van der Waals surface area contributed by atoms with Crippen LogP contribution < -0.4 is 5.73 Å². The zero-order chi connectivity index (χ0) is 13.0. The first-order valence-electron chi connectivity index (χ1n) is 5.39. The number of likely N-dealkylation sites (N-methyl/N-ethyl adjacent to an activating group) is 1. The van der Waals surface area contributed by atoms with Crippen molar-refractivity contribution in [2.75, 3.05) is 12.3 Å². The summed E-state index contributed by atoms with van der Waals surface area (Å²) in [6, 6.07) is 6.88. The van der Waals surface area contributed by atoms with Gasteiger partial charge in [-0.15, -0.1) is 0 Å². The fraction of sp³-hybridized carbons (Fsp3) is 0.231. The molecule has 1 amide bonds. The number of amidine groups is 1. The van der Waals surface area contributed by atoms with E-state index in [-0.39, 0.29) is 11.7 Å². The number of carbonyl (C=O) groups is 1. The Morgan fingerprint density at radius 2 is 1.94 bits per heavy atom. The van der Waals surface area contributed by atoms with Gasteiger partial charge in [0.15, 0.2) is 0 Å². The van der Waals surface area contributed by atoms with Gasteiger partial charge in [-0.3, -0.25) is 15.1 Å². The summed E-state index contributed by atoms with van der Waals surface area (Å²) < 4.78 is 0. The van der Waals surface area contributed by atoms with E-state index in [0.717, 1.165) is 0 Å². The molecule has 0 aliphatic carbocycles. The molecule has 0 saturated carbocycles. The molecule has 0 heterocycles. The maximum Gasteiger partial charge on any atom is 0.254 e. The maximum absolute atomic E-state index is 11.8. The second-order valence-corrected chi connectivity index (χ2v) is 3.80. The van der Waals surface area contributed by atoms with Crippen LogP contribution in [-0.4, -0.2) is 23.2 Å². The van der Waals surface area contributed by atoms with E-state index in [0.29, 0.717) is 23.4 Å². The zero-order valence-electron chi connectivity index (χ0n) is 10.2. The van der Waals surface area contributed by atoms with Crippen molar-refractivity contribution in [1.29, 1.82) is 5.41 Å². The molecule has 0 unspecified atom stereocenters. The van der Waals surface area contributed by atoms with E-state index in [1.807, 2.05) is 6.92 Å². The molecule has 0 bridgehead atoms. The van der Waals surface area contributed by atoms with E-state index < -0.39 is 0 Å². The summed E-state index contributed by atoms with van der Waals surface area (Å²) in [6.07, 6.45) is 0. The number of hydrogen-bond acceptors (Lipinski definition) is 3. The van der Waals surface area contributed by atoms with Crippen LogP contribution in [0.5, 0.6) is 0 Å². The van der Waals surface area contributed by atoms with Gasteiger partial charge >= 0.3 is 0 Å². The van der Waals surface area contributed by atoms with Crippen LogP contribution in [0.3, 0.4) is 0 Å². The van der Waals surface area contributed by atoms with Crippen molar-refractivity contribution < 1.29 is 4.79 Å². The minimum Gasteiger partial charge on any atom is -0.399 e. The Balaban J connectivity index is 2.98. The number of nitrogen functional groups attached to an aromatic ring is 1. The monoisotopic (exact) mass is 231 g/mol. The molecule has 0 spiro atoms. The first-order chi connectivity index (χ1) is 7.97. The molecule has 0 fully saturated rings. The molecule has 0 aromatic heterocycles. The van der Waals surface area contributed by atoms with Crippen molar-refractivity contribution >= 4 is 17.4 Å². The molecule has 4 heteroatoms. The number of nitrogens with two attached hydrogens (primary N) is 1. The van der Waals surface area contributed by atoms with Crippen LogP contribution in [0.15, 0.2) is 36.4 Å². The number of amides is 1. The van der Waals surface area contributed by atoms with Gasteiger partial charge in [0.25, 0.3) is 5.91 Å².